The molecule has 42 valence electrons. The van der Waals surface area contributed by atoms with Crippen LogP contribution in [0.1, 0.15) is 0 Å². The van der Waals surface area contributed by atoms with Gasteiger partial charge in [-0.15, -0.1) is 0 Å². The van der Waals surface area contributed by atoms with Crippen LogP contribution >= 0.6 is 0 Å². The summed E-state index contributed by atoms with van der Waals surface area (Å²) in [6, 6.07) is 0. The van der Waals surface area contributed by atoms with Crippen molar-refractivity contribution >= 4 is 15.3 Å². The summed E-state index contributed by atoms with van der Waals surface area (Å²) < 4.78 is 4.96. The first-order valence-corrected chi connectivity index (χ1v) is 5.10. The van der Waals surface area contributed by atoms with E-state index in [9.17, 15) is 4.79 Å². The average Bonchev–Trinajstić information content (AvgIpc) is 1.61. The second kappa shape index (κ2) is 4.02. The molecule has 0 aliphatic rings. The SMILES string of the molecule is C[SiH](C)OCC=O. The molecule has 0 amide bonds. The van der Waals surface area contributed by atoms with Crippen LogP contribution < -0.4 is 0 Å². The molecular weight excluding hydrogens is 108 g/mol. The van der Waals surface area contributed by atoms with Gasteiger partial charge in [0.25, 0.3) is 0 Å². The summed E-state index contributed by atoms with van der Waals surface area (Å²) in [5, 5.41) is 0. The Hall–Kier alpha value is -0.153. The smallest absolute Gasteiger partial charge is 0.171 e. The summed E-state index contributed by atoms with van der Waals surface area (Å²) in [6.45, 7) is 4.34. The Morgan fingerprint density at radius 3 is 2.43 bits per heavy atom. The van der Waals surface area contributed by atoms with Crippen LogP contribution in [0.5, 0.6) is 0 Å². The fourth-order valence-corrected chi connectivity index (χ4v) is 0.695. The Morgan fingerprint density at radius 2 is 2.29 bits per heavy atom. The zero-order chi connectivity index (χ0) is 5.70. The van der Waals surface area contributed by atoms with E-state index < -0.39 is 9.04 Å². The lowest BCUT2D eigenvalue weighted by Crippen LogP contribution is -2.08. The Morgan fingerprint density at radius 1 is 1.71 bits per heavy atom. The van der Waals surface area contributed by atoms with E-state index in [0.717, 1.165) is 6.29 Å². The number of aldehydes is 1. The van der Waals surface area contributed by atoms with E-state index in [1.165, 1.54) is 0 Å². The van der Waals surface area contributed by atoms with E-state index >= 15 is 0 Å². The molecule has 0 rings (SSSR count). The van der Waals surface area contributed by atoms with E-state index in [0.29, 0.717) is 0 Å². The molecular formula is C4H10O2Si. The molecule has 0 aromatic rings. The predicted molar refractivity (Wildman–Crippen MR) is 30.9 cm³/mol. The fourth-order valence-electron chi connectivity index (χ4n) is 0.232. The van der Waals surface area contributed by atoms with Crippen molar-refractivity contribution in [3.8, 4) is 0 Å². The molecule has 7 heavy (non-hydrogen) atoms. The lowest BCUT2D eigenvalue weighted by atomic mass is 10.9. The fraction of sp³-hybridized carbons (Fsp3) is 0.750. The quantitative estimate of drug-likeness (QED) is 0.390. The Kier molecular flexibility index (Phi) is 3.93. The zero-order valence-corrected chi connectivity index (χ0v) is 5.83. The number of rotatable bonds is 3. The van der Waals surface area contributed by atoms with Crippen molar-refractivity contribution in [2.45, 2.75) is 13.1 Å². The third-order valence-corrected chi connectivity index (χ3v) is 1.36. The van der Waals surface area contributed by atoms with E-state index in [2.05, 4.69) is 0 Å². The average molecular weight is 118 g/mol. The molecule has 0 aliphatic carbocycles. The van der Waals surface area contributed by atoms with E-state index in [-0.39, 0.29) is 6.61 Å². The van der Waals surface area contributed by atoms with Gasteiger partial charge in [-0.1, -0.05) is 0 Å². The minimum Gasteiger partial charge on any atom is -0.414 e. The predicted octanol–water partition coefficient (Wildman–Crippen LogP) is 0.185. The zero-order valence-electron chi connectivity index (χ0n) is 4.68. The van der Waals surface area contributed by atoms with Gasteiger partial charge in [0.2, 0.25) is 0 Å². The van der Waals surface area contributed by atoms with Gasteiger partial charge in [-0.3, -0.25) is 0 Å². The number of carbonyl (C=O) groups excluding carboxylic acids is 1. The van der Waals surface area contributed by atoms with Crippen LogP contribution in [0, 0.1) is 0 Å². The molecule has 0 aromatic carbocycles. The second-order valence-electron chi connectivity index (χ2n) is 1.55. The van der Waals surface area contributed by atoms with Crippen LogP contribution in [0.4, 0.5) is 0 Å². The van der Waals surface area contributed by atoms with Gasteiger partial charge < -0.3 is 9.22 Å². The van der Waals surface area contributed by atoms with Crippen molar-refractivity contribution in [2.24, 2.45) is 0 Å². The Labute approximate surface area is 45.2 Å². The molecule has 0 fully saturated rings. The molecule has 0 saturated carbocycles. The molecule has 0 aromatic heterocycles. The van der Waals surface area contributed by atoms with Crippen LogP contribution in [0.2, 0.25) is 13.1 Å². The number of hydrogen-bond donors (Lipinski definition) is 0. The maximum Gasteiger partial charge on any atom is 0.171 e. The second-order valence-corrected chi connectivity index (χ2v) is 3.98. The molecule has 0 radical (unpaired) electrons. The Bertz CT molecular complexity index is 53.7. The first-order valence-electron chi connectivity index (χ1n) is 2.32. The van der Waals surface area contributed by atoms with Gasteiger partial charge in [0.15, 0.2) is 9.04 Å². The molecule has 0 atom stereocenters. The topological polar surface area (TPSA) is 26.3 Å². The van der Waals surface area contributed by atoms with Crippen LogP contribution in [0.3, 0.4) is 0 Å². The van der Waals surface area contributed by atoms with Crippen molar-refractivity contribution in [3.63, 3.8) is 0 Å². The van der Waals surface area contributed by atoms with Crippen LogP contribution in [-0.2, 0) is 9.22 Å². The van der Waals surface area contributed by atoms with Crippen molar-refractivity contribution < 1.29 is 9.22 Å². The van der Waals surface area contributed by atoms with Gasteiger partial charge in [0.1, 0.15) is 6.29 Å². The minimum absolute atomic E-state index is 0.282. The first kappa shape index (κ1) is 6.85. The van der Waals surface area contributed by atoms with Crippen molar-refractivity contribution in [2.75, 3.05) is 6.61 Å². The lowest BCUT2D eigenvalue weighted by Gasteiger charge is -1.97. The first-order chi connectivity index (χ1) is 3.27. The van der Waals surface area contributed by atoms with Gasteiger partial charge >= 0.3 is 0 Å². The highest BCUT2D eigenvalue weighted by atomic mass is 28.3. The highest BCUT2D eigenvalue weighted by Crippen LogP contribution is 1.78. The van der Waals surface area contributed by atoms with Gasteiger partial charge in [0.05, 0.1) is 6.61 Å². The summed E-state index contributed by atoms with van der Waals surface area (Å²) in [6.07, 6.45) is 0.785. The maximum atomic E-state index is 9.61. The minimum atomic E-state index is -0.919. The largest absolute Gasteiger partial charge is 0.414 e. The molecule has 0 spiro atoms. The molecule has 0 unspecified atom stereocenters. The number of carbonyl (C=O) groups is 1. The Balaban J connectivity index is 2.81. The third kappa shape index (κ3) is 5.85. The lowest BCUT2D eigenvalue weighted by molar-refractivity contribution is -0.109. The monoisotopic (exact) mass is 118 g/mol. The molecule has 3 heteroatoms. The molecule has 0 heterocycles. The van der Waals surface area contributed by atoms with Crippen molar-refractivity contribution in [1.82, 2.24) is 0 Å². The summed E-state index contributed by atoms with van der Waals surface area (Å²) in [4.78, 5) is 9.61. The van der Waals surface area contributed by atoms with Gasteiger partial charge in [-0.25, -0.2) is 0 Å². The molecule has 0 bridgehead atoms. The normalized spacial score (nSPS) is 9.57. The molecule has 2 nitrogen and oxygen atoms in total. The summed E-state index contributed by atoms with van der Waals surface area (Å²) in [7, 11) is -0.919. The van der Waals surface area contributed by atoms with E-state index in [4.69, 9.17) is 4.43 Å². The highest BCUT2D eigenvalue weighted by molar-refractivity contribution is 6.48. The standard InChI is InChI=1S/C4H10O2Si/c1-7(2)6-4-3-5/h3,7H,4H2,1-2H3. The van der Waals surface area contributed by atoms with Crippen molar-refractivity contribution in [1.29, 1.82) is 0 Å². The van der Waals surface area contributed by atoms with Crippen LogP contribution in [0.15, 0.2) is 0 Å². The summed E-state index contributed by atoms with van der Waals surface area (Å²) >= 11 is 0. The van der Waals surface area contributed by atoms with Gasteiger partial charge in [0, 0.05) is 0 Å². The molecule has 0 N–H and O–H groups in total. The van der Waals surface area contributed by atoms with Crippen LogP contribution in [-0.4, -0.2) is 21.9 Å². The van der Waals surface area contributed by atoms with Crippen LogP contribution in [0.25, 0.3) is 0 Å². The van der Waals surface area contributed by atoms with E-state index in [1.807, 2.05) is 13.1 Å². The third-order valence-electron chi connectivity index (χ3n) is 0.498. The highest BCUT2D eigenvalue weighted by Gasteiger charge is 1.90. The van der Waals surface area contributed by atoms with Crippen molar-refractivity contribution in [3.05, 3.63) is 0 Å². The summed E-state index contributed by atoms with van der Waals surface area (Å²) in [5.41, 5.74) is 0. The molecule has 0 aliphatic heterocycles. The summed E-state index contributed by atoms with van der Waals surface area (Å²) in [5.74, 6) is 0. The van der Waals surface area contributed by atoms with E-state index in [1.54, 1.807) is 0 Å². The molecule has 0 saturated heterocycles. The number of hydrogen-bond acceptors (Lipinski definition) is 2. The maximum absolute atomic E-state index is 9.61. The van der Waals surface area contributed by atoms with Gasteiger partial charge in [-0.2, -0.15) is 0 Å². The van der Waals surface area contributed by atoms with Gasteiger partial charge in [-0.05, 0) is 13.1 Å².